The molecule has 0 N–H and O–H groups in total. The van der Waals surface area contributed by atoms with Crippen LogP contribution in [0.1, 0.15) is 152 Å². The lowest BCUT2D eigenvalue weighted by Crippen LogP contribution is -2.29. The molecule has 0 aromatic heterocycles. The molecule has 41 heavy (non-hydrogen) atoms. The van der Waals surface area contributed by atoms with E-state index in [0.717, 1.165) is 0 Å². The van der Waals surface area contributed by atoms with Crippen molar-refractivity contribution in [2.24, 2.45) is 0 Å². The molecule has 0 bridgehead atoms. The van der Waals surface area contributed by atoms with Crippen molar-refractivity contribution in [2.45, 2.75) is 139 Å². The molecule has 0 radical (unpaired) electrons. The summed E-state index contributed by atoms with van der Waals surface area (Å²) >= 11 is 4.36. The van der Waals surface area contributed by atoms with Crippen LogP contribution in [0.25, 0.3) is 0 Å². The van der Waals surface area contributed by atoms with E-state index >= 15 is 0 Å². The van der Waals surface area contributed by atoms with Gasteiger partial charge in [0.05, 0.1) is 4.32 Å². The van der Waals surface area contributed by atoms with Gasteiger partial charge in [-0.3, -0.25) is 0 Å². The Balaban J connectivity index is 1.37. The first-order valence-corrected chi connectivity index (χ1v) is 17.9. The minimum atomic E-state index is -0.245. The van der Waals surface area contributed by atoms with E-state index in [1.807, 2.05) is 0 Å². The Bertz CT molecular complexity index is 957. The number of benzene rings is 3. The predicted octanol–water partition coefficient (Wildman–Crippen LogP) is 13.5. The van der Waals surface area contributed by atoms with Crippen molar-refractivity contribution in [2.75, 3.05) is 0 Å². The first-order valence-electron chi connectivity index (χ1n) is 17.1. The summed E-state index contributed by atoms with van der Waals surface area (Å²) < 4.78 is -0.245. The van der Waals surface area contributed by atoms with Gasteiger partial charge in [-0.15, -0.1) is 0 Å². The third-order valence-electron chi connectivity index (χ3n) is 8.92. The van der Waals surface area contributed by atoms with Crippen LogP contribution in [-0.4, -0.2) is 0 Å². The minimum absolute atomic E-state index is 0.245. The van der Waals surface area contributed by atoms with Gasteiger partial charge in [0.15, 0.2) is 0 Å². The molecule has 224 valence electrons. The van der Waals surface area contributed by atoms with Crippen LogP contribution in [0.3, 0.4) is 0 Å². The van der Waals surface area contributed by atoms with Crippen molar-refractivity contribution >= 4 is 15.9 Å². The van der Waals surface area contributed by atoms with E-state index < -0.39 is 0 Å². The maximum atomic E-state index is 4.36. The van der Waals surface area contributed by atoms with Crippen molar-refractivity contribution in [1.29, 1.82) is 0 Å². The largest absolute Gasteiger partial charge is 0.0822 e. The third-order valence-corrected chi connectivity index (χ3v) is 10.4. The van der Waals surface area contributed by atoms with Crippen LogP contribution in [0.15, 0.2) is 91.0 Å². The molecule has 0 amide bonds. The Kier molecular flexibility index (Phi) is 17.2. The van der Waals surface area contributed by atoms with Gasteiger partial charge in [0, 0.05) is 5.92 Å². The molecule has 0 nitrogen and oxygen atoms in total. The Morgan fingerprint density at radius 3 is 1.12 bits per heavy atom. The van der Waals surface area contributed by atoms with Gasteiger partial charge in [0.25, 0.3) is 0 Å². The molecule has 0 fully saturated rings. The molecule has 0 aliphatic carbocycles. The molecule has 0 aliphatic heterocycles. The number of rotatable bonds is 23. The summed E-state index contributed by atoms with van der Waals surface area (Å²) in [6.07, 6.45) is 26.7. The summed E-state index contributed by atoms with van der Waals surface area (Å²) in [4.78, 5) is 0. The second-order valence-corrected chi connectivity index (χ2v) is 13.5. The fourth-order valence-corrected chi connectivity index (χ4v) is 7.48. The Morgan fingerprint density at radius 1 is 0.439 bits per heavy atom. The Labute approximate surface area is 261 Å². The summed E-state index contributed by atoms with van der Waals surface area (Å²) in [6.45, 7) is 2.30. The van der Waals surface area contributed by atoms with Gasteiger partial charge in [-0.05, 0) is 23.1 Å². The van der Waals surface area contributed by atoms with E-state index in [2.05, 4.69) is 114 Å². The van der Waals surface area contributed by atoms with Crippen LogP contribution in [0, 0.1) is 0 Å². The minimum Gasteiger partial charge on any atom is -0.0742 e. The highest BCUT2D eigenvalue weighted by Crippen LogP contribution is 2.51. The number of alkyl halides is 1. The zero-order valence-electron chi connectivity index (χ0n) is 26.1. The number of halogens is 1. The molecule has 0 aliphatic rings. The van der Waals surface area contributed by atoms with Crippen molar-refractivity contribution in [3.8, 4) is 0 Å². The third kappa shape index (κ3) is 12.1. The molecule has 0 saturated carbocycles. The Hall–Kier alpha value is -1.86. The molecule has 1 heteroatoms. The summed E-state index contributed by atoms with van der Waals surface area (Å²) in [5.74, 6) is 0.370. The Morgan fingerprint density at radius 2 is 0.756 bits per heavy atom. The van der Waals surface area contributed by atoms with Gasteiger partial charge in [0.2, 0.25) is 0 Å². The quantitative estimate of drug-likeness (QED) is 0.0733. The lowest BCUT2D eigenvalue weighted by Gasteiger charge is -2.38. The van der Waals surface area contributed by atoms with Crippen LogP contribution in [0.5, 0.6) is 0 Å². The van der Waals surface area contributed by atoms with Gasteiger partial charge in [-0.25, -0.2) is 0 Å². The highest BCUT2D eigenvalue weighted by atomic mass is 79.9. The zero-order valence-corrected chi connectivity index (χ0v) is 27.6. The first-order chi connectivity index (χ1) is 20.3. The summed E-state index contributed by atoms with van der Waals surface area (Å²) in [5.41, 5.74) is 4.09. The van der Waals surface area contributed by atoms with Crippen LogP contribution in [0.4, 0.5) is 0 Å². The fraction of sp³-hybridized carbons (Fsp3) is 0.550. The molecule has 1 unspecified atom stereocenters. The topological polar surface area (TPSA) is 0 Å². The van der Waals surface area contributed by atoms with E-state index in [4.69, 9.17) is 0 Å². The van der Waals surface area contributed by atoms with Crippen molar-refractivity contribution < 1.29 is 0 Å². The fourth-order valence-electron chi connectivity index (χ4n) is 6.46. The summed E-state index contributed by atoms with van der Waals surface area (Å²) in [5, 5.41) is 0. The highest BCUT2D eigenvalue weighted by molar-refractivity contribution is 9.09. The lowest BCUT2D eigenvalue weighted by molar-refractivity contribution is 0.481. The smallest absolute Gasteiger partial charge is 0.0742 e. The number of hydrogen-bond donors (Lipinski definition) is 0. The molecule has 3 rings (SSSR count). The van der Waals surface area contributed by atoms with Gasteiger partial charge in [-0.2, -0.15) is 0 Å². The van der Waals surface area contributed by atoms with Crippen molar-refractivity contribution in [3.63, 3.8) is 0 Å². The van der Waals surface area contributed by atoms with Crippen molar-refractivity contribution in [3.05, 3.63) is 108 Å². The standard InChI is InChI=1S/C40H57Br/c1-2-3-4-5-6-7-8-9-10-11-12-13-14-15-16-17-18-28-35-39(36-29-22-19-23-30-36)40(41,37-31-24-20-25-32-37)38-33-26-21-27-34-38/h19-27,29-34,39H,2-18,28,35H2,1H3. The second kappa shape index (κ2) is 20.9. The van der Waals surface area contributed by atoms with Crippen LogP contribution in [0.2, 0.25) is 0 Å². The van der Waals surface area contributed by atoms with E-state index in [1.165, 1.54) is 139 Å². The summed E-state index contributed by atoms with van der Waals surface area (Å²) in [6, 6.07) is 33.2. The molecule has 0 saturated heterocycles. The average molecular weight is 618 g/mol. The molecule has 1 atom stereocenters. The second-order valence-electron chi connectivity index (χ2n) is 12.2. The van der Waals surface area contributed by atoms with Gasteiger partial charge >= 0.3 is 0 Å². The van der Waals surface area contributed by atoms with Crippen LogP contribution >= 0.6 is 15.9 Å². The normalized spacial score (nSPS) is 12.4. The maximum absolute atomic E-state index is 4.36. The molecule has 3 aromatic rings. The maximum Gasteiger partial charge on any atom is 0.0822 e. The number of hydrogen-bond acceptors (Lipinski definition) is 0. The summed E-state index contributed by atoms with van der Waals surface area (Å²) in [7, 11) is 0. The molecule has 0 heterocycles. The van der Waals surface area contributed by atoms with Crippen LogP contribution < -0.4 is 0 Å². The van der Waals surface area contributed by atoms with E-state index in [0.29, 0.717) is 5.92 Å². The monoisotopic (exact) mass is 616 g/mol. The molecule has 0 spiro atoms. The molecular weight excluding hydrogens is 560 g/mol. The average Bonchev–Trinajstić information content (AvgIpc) is 3.03. The zero-order chi connectivity index (χ0) is 28.9. The molecule has 3 aromatic carbocycles. The lowest BCUT2D eigenvalue weighted by atomic mass is 9.74. The predicted molar refractivity (Wildman–Crippen MR) is 185 cm³/mol. The van der Waals surface area contributed by atoms with E-state index in [-0.39, 0.29) is 4.32 Å². The van der Waals surface area contributed by atoms with E-state index in [1.54, 1.807) is 0 Å². The van der Waals surface area contributed by atoms with Gasteiger partial charge in [-0.1, -0.05) is 229 Å². The van der Waals surface area contributed by atoms with Crippen LogP contribution in [-0.2, 0) is 4.32 Å². The highest BCUT2D eigenvalue weighted by Gasteiger charge is 2.40. The first kappa shape index (κ1) is 33.6. The van der Waals surface area contributed by atoms with Crippen molar-refractivity contribution in [1.82, 2.24) is 0 Å². The van der Waals surface area contributed by atoms with E-state index in [9.17, 15) is 0 Å². The van der Waals surface area contributed by atoms with Gasteiger partial charge in [0.1, 0.15) is 0 Å². The van der Waals surface area contributed by atoms with Gasteiger partial charge < -0.3 is 0 Å². The number of unbranched alkanes of at least 4 members (excludes halogenated alkanes) is 17. The molecular formula is C40H57Br. The SMILES string of the molecule is CCCCCCCCCCCCCCCCCCCCC(c1ccccc1)C(Br)(c1ccccc1)c1ccccc1.